The van der Waals surface area contributed by atoms with Crippen molar-refractivity contribution in [3.63, 3.8) is 0 Å². The highest BCUT2D eigenvalue weighted by Crippen LogP contribution is 2.31. The zero-order valence-electron chi connectivity index (χ0n) is 10.5. The molecule has 0 unspecified atom stereocenters. The van der Waals surface area contributed by atoms with Crippen LogP contribution in [0.25, 0.3) is 10.8 Å². The van der Waals surface area contributed by atoms with Gasteiger partial charge in [-0.2, -0.15) is 0 Å². The van der Waals surface area contributed by atoms with Gasteiger partial charge in [0, 0.05) is 11.9 Å². The molecular weight excluding hydrogens is 234 g/mol. The van der Waals surface area contributed by atoms with E-state index in [2.05, 4.69) is 18.2 Å². The van der Waals surface area contributed by atoms with Gasteiger partial charge in [-0.05, 0) is 35.2 Å². The summed E-state index contributed by atoms with van der Waals surface area (Å²) in [6.45, 7) is 0.510. The number of ether oxygens (including phenoxy) is 1. The van der Waals surface area contributed by atoms with Gasteiger partial charge in [-0.1, -0.05) is 42.5 Å². The fourth-order valence-corrected chi connectivity index (χ4v) is 2.15. The van der Waals surface area contributed by atoms with E-state index in [1.807, 2.05) is 48.5 Å². The van der Waals surface area contributed by atoms with Gasteiger partial charge in [0.05, 0.1) is 0 Å². The average Bonchev–Trinajstić information content (AvgIpc) is 2.48. The van der Waals surface area contributed by atoms with Crippen LogP contribution in [0.5, 0.6) is 11.5 Å². The molecule has 3 aromatic carbocycles. The molecule has 0 heterocycles. The highest BCUT2D eigenvalue weighted by Gasteiger charge is 2.05. The first-order valence-electron chi connectivity index (χ1n) is 6.31. The largest absolute Gasteiger partial charge is 0.457 e. The van der Waals surface area contributed by atoms with E-state index >= 15 is 0 Å². The van der Waals surface area contributed by atoms with Gasteiger partial charge in [-0.15, -0.1) is 0 Å². The summed E-state index contributed by atoms with van der Waals surface area (Å²) in [7, 11) is 0. The lowest BCUT2D eigenvalue weighted by atomic mass is 10.1. The lowest BCUT2D eigenvalue weighted by Gasteiger charge is -2.11. The van der Waals surface area contributed by atoms with E-state index < -0.39 is 0 Å². The molecule has 3 aromatic rings. The van der Waals surface area contributed by atoms with Gasteiger partial charge in [0.2, 0.25) is 0 Å². The van der Waals surface area contributed by atoms with Crippen LogP contribution in [0.1, 0.15) is 5.56 Å². The summed E-state index contributed by atoms with van der Waals surface area (Å²) in [5.41, 5.74) is 6.82. The van der Waals surface area contributed by atoms with E-state index in [1.54, 1.807) is 0 Å². The normalized spacial score (nSPS) is 10.6. The highest BCUT2D eigenvalue weighted by molar-refractivity contribution is 5.89. The molecule has 19 heavy (non-hydrogen) atoms. The maximum Gasteiger partial charge on any atom is 0.135 e. The second-order valence-corrected chi connectivity index (χ2v) is 4.43. The number of benzene rings is 3. The van der Waals surface area contributed by atoms with Crippen LogP contribution in [-0.2, 0) is 6.54 Å². The molecule has 0 aliphatic rings. The monoisotopic (exact) mass is 249 g/mol. The second-order valence-electron chi connectivity index (χ2n) is 4.43. The third-order valence-electron chi connectivity index (χ3n) is 3.09. The summed E-state index contributed by atoms with van der Waals surface area (Å²) in [6, 6.07) is 22.1. The summed E-state index contributed by atoms with van der Waals surface area (Å²) in [5, 5.41) is 2.25. The number of hydrogen-bond acceptors (Lipinski definition) is 2. The van der Waals surface area contributed by atoms with Crippen molar-refractivity contribution in [2.75, 3.05) is 0 Å². The minimum Gasteiger partial charge on any atom is -0.457 e. The molecule has 0 aliphatic carbocycles. The molecule has 0 amide bonds. The van der Waals surface area contributed by atoms with Gasteiger partial charge in [-0.3, -0.25) is 0 Å². The first-order chi connectivity index (χ1) is 9.36. The van der Waals surface area contributed by atoms with Crippen LogP contribution in [-0.4, -0.2) is 0 Å². The second kappa shape index (κ2) is 5.12. The summed E-state index contributed by atoms with van der Waals surface area (Å²) in [5.74, 6) is 1.69. The van der Waals surface area contributed by atoms with E-state index in [-0.39, 0.29) is 0 Å². The predicted molar refractivity (Wildman–Crippen MR) is 78.4 cm³/mol. The molecule has 2 heteroatoms. The van der Waals surface area contributed by atoms with Crippen molar-refractivity contribution in [1.29, 1.82) is 0 Å². The molecule has 2 nitrogen and oxygen atoms in total. The molecule has 0 spiro atoms. The Morgan fingerprint density at radius 3 is 2.37 bits per heavy atom. The molecule has 2 N–H and O–H groups in total. The number of para-hydroxylation sites is 1. The van der Waals surface area contributed by atoms with E-state index in [1.165, 1.54) is 0 Å². The van der Waals surface area contributed by atoms with Crippen LogP contribution in [0.2, 0.25) is 0 Å². The summed E-state index contributed by atoms with van der Waals surface area (Å²) >= 11 is 0. The Morgan fingerprint density at radius 2 is 1.58 bits per heavy atom. The Bertz CT molecular complexity index is 692. The Labute approximate surface area is 112 Å². The fourth-order valence-electron chi connectivity index (χ4n) is 2.15. The van der Waals surface area contributed by atoms with Crippen LogP contribution in [0.3, 0.4) is 0 Å². The SMILES string of the molecule is NCc1cc(Oc2ccccc2)c2ccccc2c1. The van der Waals surface area contributed by atoms with Gasteiger partial charge in [-0.25, -0.2) is 0 Å². The molecule has 3 rings (SSSR count). The van der Waals surface area contributed by atoms with Crippen LogP contribution in [0, 0.1) is 0 Å². The average molecular weight is 249 g/mol. The Kier molecular flexibility index (Phi) is 3.17. The molecule has 0 aromatic heterocycles. The molecule has 0 bridgehead atoms. The first-order valence-corrected chi connectivity index (χ1v) is 6.31. The summed E-state index contributed by atoms with van der Waals surface area (Å²) in [4.78, 5) is 0. The van der Waals surface area contributed by atoms with Crippen molar-refractivity contribution in [1.82, 2.24) is 0 Å². The molecule has 0 saturated heterocycles. The van der Waals surface area contributed by atoms with Gasteiger partial charge >= 0.3 is 0 Å². The molecule has 0 atom stereocenters. The molecule has 0 fully saturated rings. The topological polar surface area (TPSA) is 35.2 Å². The Hall–Kier alpha value is -2.32. The van der Waals surface area contributed by atoms with Crippen molar-refractivity contribution in [2.24, 2.45) is 5.73 Å². The third kappa shape index (κ3) is 2.44. The zero-order valence-corrected chi connectivity index (χ0v) is 10.5. The van der Waals surface area contributed by atoms with Crippen molar-refractivity contribution in [3.05, 3.63) is 72.3 Å². The maximum atomic E-state index is 5.98. The van der Waals surface area contributed by atoms with Crippen molar-refractivity contribution in [2.45, 2.75) is 6.54 Å². The fraction of sp³-hybridized carbons (Fsp3) is 0.0588. The van der Waals surface area contributed by atoms with Gasteiger partial charge in [0.15, 0.2) is 0 Å². The minimum absolute atomic E-state index is 0.510. The van der Waals surface area contributed by atoms with Crippen molar-refractivity contribution in [3.8, 4) is 11.5 Å². The van der Waals surface area contributed by atoms with E-state index in [4.69, 9.17) is 10.5 Å². The van der Waals surface area contributed by atoms with Gasteiger partial charge in [0.1, 0.15) is 11.5 Å². The van der Waals surface area contributed by atoms with E-state index in [9.17, 15) is 0 Å². The van der Waals surface area contributed by atoms with Crippen LogP contribution >= 0.6 is 0 Å². The van der Waals surface area contributed by atoms with Gasteiger partial charge < -0.3 is 10.5 Å². The first kappa shape index (κ1) is 11.8. The highest BCUT2D eigenvalue weighted by atomic mass is 16.5. The molecule has 0 saturated carbocycles. The van der Waals surface area contributed by atoms with E-state index in [0.29, 0.717) is 6.54 Å². The number of fused-ring (bicyclic) bond motifs is 1. The number of nitrogens with two attached hydrogens (primary N) is 1. The smallest absolute Gasteiger partial charge is 0.135 e. The quantitative estimate of drug-likeness (QED) is 0.758. The molecule has 0 radical (unpaired) electrons. The van der Waals surface area contributed by atoms with Crippen molar-refractivity contribution < 1.29 is 4.74 Å². The maximum absolute atomic E-state index is 5.98. The minimum atomic E-state index is 0.510. The number of rotatable bonds is 3. The lowest BCUT2D eigenvalue weighted by Crippen LogP contribution is -1.97. The lowest BCUT2D eigenvalue weighted by molar-refractivity contribution is 0.487. The summed E-state index contributed by atoms with van der Waals surface area (Å²) < 4.78 is 5.98. The summed E-state index contributed by atoms with van der Waals surface area (Å²) in [6.07, 6.45) is 0. The van der Waals surface area contributed by atoms with E-state index in [0.717, 1.165) is 27.8 Å². The Balaban J connectivity index is 2.11. The third-order valence-corrected chi connectivity index (χ3v) is 3.09. The van der Waals surface area contributed by atoms with Crippen LogP contribution in [0.15, 0.2) is 66.7 Å². The van der Waals surface area contributed by atoms with Gasteiger partial charge in [0.25, 0.3) is 0 Å². The zero-order chi connectivity index (χ0) is 13.1. The molecular formula is C17H15NO. The Morgan fingerprint density at radius 1 is 0.842 bits per heavy atom. The predicted octanol–water partition coefficient (Wildman–Crippen LogP) is 4.09. The molecule has 0 aliphatic heterocycles. The molecule has 94 valence electrons. The van der Waals surface area contributed by atoms with Crippen LogP contribution < -0.4 is 10.5 Å². The standard InChI is InChI=1S/C17H15NO/c18-12-13-10-14-6-4-5-9-16(14)17(11-13)19-15-7-2-1-3-8-15/h1-11H,12,18H2. The van der Waals surface area contributed by atoms with Crippen molar-refractivity contribution >= 4 is 10.8 Å². The van der Waals surface area contributed by atoms with Crippen LogP contribution in [0.4, 0.5) is 0 Å². The number of hydrogen-bond donors (Lipinski definition) is 1.